The van der Waals surface area contributed by atoms with Crippen LogP contribution in [0.2, 0.25) is 0 Å². The van der Waals surface area contributed by atoms with Crippen molar-refractivity contribution in [3.63, 3.8) is 0 Å². The van der Waals surface area contributed by atoms with Gasteiger partial charge in [0.05, 0.1) is 0 Å². The first-order chi connectivity index (χ1) is 13.1. The van der Waals surface area contributed by atoms with Crippen molar-refractivity contribution >= 4 is 0 Å². The van der Waals surface area contributed by atoms with Gasteiger partial charge in [0.2, 0.25) is 0 Å². The van der Waals surface area contributed by atoms with Gasteiger partial charge in [-0.25, -0.2) is 4.39 Å². The van der Waals surface area contributed by atoms with Crippen molar-refractivity contribution in [1.29, 1.82) is 0 Å². The molecule has 0 N–H and O–H groups in total. The SMILES string of the molecule is CC1(C)CCC(C(CC2=CCC=C(C(C)(C)C)C=C2)c2ccc(F)cc2)CC1. The van der Waals surface area contributed by atoms with E-state index in [9.17, 15) is 4.39 Å². The molecular formula is C27H37F. The maximum absolute atomic E-state index is 13.5. The van der Waals surface area contributed by atoms with E-state index in [2.05, 4.69) is 58.9 Å². The van der Waals surface area contributed by atoms with E-state index in [0.717, 1.165) is 12.8 Å². The second kappa shape index (κ2) is 8.39. The fourth-order valence-electron chi connectivity index (χ4n) is 4.72. The van der Waals surface area contributed by atoms with E-state index in [1.807, 2.05) is 12.1 Å². The van der Waals surface area contributed by atoms with E-state index in [1.54, 1.807) is 12.1 Å². The number of rotatable bonds is 4. The summed E-state index contributed by atoms with van der Waals surface area (Å²) in [4.78, 5) is 0. The molecule has 1 saturated carbocycles. The predicted molar refractivity (Wildman–Crippen MR) is 119 cm³/mol. The number of allylic oxidation sites excluding steroid dienone is 6. The Kier molecular flexibility index (Phi) is 6.32. The topological polar surface area (TPSA) is 0 Å². The van der Waals surface area contributed by atoms with Crippen molar-refractivity contribution in [2.24, 2.45) is 16.7 Å². The minimum atomic E-state index is -0.139. The smallest absolute Gasteiger partial charge is 0.123 e. The molecule has 0 saturated heterocycles. The lowest BCUT2D eigenvalue weighted by Gasteiger charge is -2.38. The molecule has 0 radical (unpaired) electrons. The van der Waals surface area contributed by atoms with Gasteiger partial charge < -0.3 is 0 Å². The number of hydrogen-bond acceptors (Lipinski definition) is 0. The van der Waals surface area contributed by atoms with Gasteiger partial charge in [0.15, 0.2) is 0 Å². The third-order valence-electron chi connectivity index (χ3n) is 6.77. The van der Waals surface area contributed by atoms with Gasteiger partial charge in [-0.05, 0) is 84.5 Å². The molecule has 0 bridgehead atoms. The van der Waals surface area contributed by atoms with Crippen LogP contribution in [0.1, 0.15) is 84.6 Å². The van der Waals surface area contributed by atoms with E-state index in [-0.39, 0.29) is 11.2 Å². The molecule has 2 aliphatic carbocycles. The van der Waals surface area contributed by atoms with Gasteiger partial charge in [0.1, 0.15) is 5.82 Å². The standard InChI is InChI=1S/C27H37F/c1-26(2,3)23-8-6-7-20(9-12-23)19-25(21-10-13-24(28)14-11-21)22-15-17-27(4,5)18-16-22/h7-14,22,25H,6,15-19H2,1-5H3. The summed E-state index contributed by atoms with van der Waals surface area (Å²) in [6.45, 7) is 11.6. The molecule has 1 aromatic rings. The molecule has 152 valence electrons. The van der Waals surface area contributed by atoms with Crippen molar-refractivity contribution < 1.29 is 4.39 Å². The van der Waals surface area contributed by atoms with Crippen molar-refractivity contribution in [2.75, 3.05) is 0 Å². The molecule has 0 spiro atoms. The van der Waals surface area contributed by atoms with Crippen LogP contribution >= 0.6 is 0 Å². The first kappa shape index (κ1) is 21.1. The highest BCUT2D eigenvalue weighted by molar-refractivity contribution is 5.36. The van der Waals surface area contributed by atoms with Crippen LogP contribution in [0.25, 0.3) is 0 Å². The van der Waals surface area contributed by atoms with Crippen molar-refractivity contribution in [2.45, 2.75) is 79.1 Å². The molecule has 1 aromatic carbocycles. The third-order valence-corrected chi connectivity index (χ3v) is 6.77. The Morgan fingerprint density at radius 1 is 1.00 bits per heavy atom. The van der Waals surface area contributed by atoms with Crippen LogP contribution in [0.5, 0.6) is 0 Å². The maximum Gasteiger partial charge on any atom is 0.123 e. The highest BCUT2D eigenvalue weighted by Gasteiger charge is 2.32. The van der Waals surface area contributed by atoms with Gasteiger partial charge in [-0.3, -0.25) is 0 Å². The molecule has 1 atom stereocenters. The van der Waals surface area contributed by atoms with E-state index in [1.165, 1.54) is 42.4 Å². The normalized spacial score (nSPS) is 21.6. The number of halogens is 1. The van der Waals surface area contributed by atoms with Crippen LogP contribution in [0.15, 0.2) is 59.7 Å². The van der Waals surface area contributed by atoms with Gasteiger partial charge in [0, 0.05) is 0 Å². The zero-order chi connectivity index (χ0) is 20.4. The summed E-state index contributed by atoms with van der Waals surface area (Å²) in [5, 5.41) is 0. The number of hydrogen-bond donors (Lipinski definition) is 0. The van der Waals surface area contributed by atoms with Crippen LogP contribution in [-0.4, -0.2) is 0 Å². The summed E-state index contributed by atoms with van der Waals surface area (Å²) in [5.41, 5.74) is 4.79. The molecule has 0 aromatic heterocycles. The first-order valence-corrected chi connectivity index (χ1v) is 11.0. The summed E-state index contributed by atoms with van der Waals surface area (Å²) in [5.74, 6) is 1.02. The molecular weight excluding hydrogens is 343 g/mol. The van der Waals surface area contributed by atoms with Gasteiger partial charge in [-0.15, -0.1) is 0 Å². The van der Waals surface area contributed by atoms with Crippen molar-refractivity contribution in [3.8, 4) is 0 Å². The molecule has 0 aliphatic heterocycles. The summed E-state index contributed by atoms with van der Waals surface area (Å²) < 4.78 is 13.5. The largest absolute Gasteiger partial charge is 0.207 e. The summed E-state index contributed by atoms with van der Waals surface area (Å²) in [6.07, 6.45) is 16.6. The van der Waals surface area contributed by atoms with E-state index >= 15 is 0 Å². The van der Waals surface area contributed by atoms with Crippen LogP contribution in [0.4, 0.5) is 4.39 Å². The monoisotopic (exact) mass is 380 g/mol. The molecule has 0 amide bonds. The first-order valence-electron chi connectivity index (χ1n) is 11.0. The average molecular weight is 381 g/mol. The maximum atomic E-state index is 13.5. The van der Waals surface area contributed by atoms with Gasteiger partial charge in [-0.1, -0.05) is 76.6 Å². The van der Waals surface area contributed by atoms with Gasteiger partial charge in [0.25, 0.3) is 0 Å². The molecule has 0 nitrogen and oxygen atoms in total. The van der Waals surface area contributed by atoms with Crippen LogP contribution in [0, 0.1) is 22.6 Å². The van der Waals surface area contributed by atoms with Crippen LogP contribution in [-0.2, 0) is 0 Å². The molecule has 1 heteroatoms. The summed E-state index contributed by atoms with van der Waals surface area (Å²) in [7, 11) is 0. The molecule has 28 heavy (non-hydrogen) atoms. The zero-order valence-electron chi connectivity index (χ0n) is 18.4. The Hall–Kier alpha value is -1.63. The lowest BCUT2D eigenvalue weighted by molar-refractivity contribution is 0.172. The Bertz CT molecular complexity index is 742. The highest BCUT2D eigenvalue weighted by Crippen LogP contribution is 2.46. The van der Waals surface area contributed by atoms with Gasteiger partial charge in [-0.2, -0.15) is 0 Å². The lowest BCUT2D eigenvalue weighted by Crippen LogP contribution is -2.25. The van der Waals surface area contributed by atoms with Crippen LogP contribution in [0.3, 0.4) is 0 Å². The van der Waals surface area contributed by atoms with Gasteiger partial charge >= 0.3 is 0 Å². The quantitative estimate of drug-likeness (QED) is 0.492. The number of benzene rings is 1. The zero-order valence-corrected chi connectivity index (χ0v) is 18.4. The van der Waals surface area contributed by atoms with Crippen molar-refractivity contribution in [1.82, 2.24) is 0 Å². The second-order valence-electron chi connectivity index (χ2n) is 10.6. The second-order valence-corrected chi connectivity index (χ2v) is 10.6. The average Bonchev–Trinajstić information content (AvgIpc) is 2.86. The molecule has 3 rings (SSSR count). The Balaban J connectivity index is 1.80. The Morgan fingerprint density at radius 2 is 1.64 bits per heavy atom. The minimum absolute atomic E-state index is 0.139. The molecule has 1 fully saturated rings. The molecule has 2 aliphatic rings. The van der Waals surface area contributed by atoms with E-state index in [0.29, 0.717) is 17.3 Å². The fraction of sp³-hybridized carbons (Fsp3) is 0.556. The Morgan fingerprint density at radius 3 is 2.25 bits per heavy atom. The third kappa shape index (κ3) is 5.46. The summed E-state index contributed by atoms with van der Waals surface area (Å²) >= 11 is 0. The molecule has 1 unspecified atom stereocenters. The lowest BCUT2D eigenvalue weighted by atomic mass is 9.67. The molecule has 0 heterocycles. The fourth-order valence-corrected chi connectivity index (χ4v) is 4.72. The van der Waals surface area contributed by atoms with E-state index < -0.39 is 0 Å². The minimum Gasteiger partial charge on any atom is -0.207 e. The summed E-state index contributed by atoms with van der Waals surface area (Å²) in [6, 6.07) is 7.29. The van der Waals surface area contributed by atoms with Crippen molar-refractivity contribution in [3.05, 3.63) is 71.1 Å². The Labute approximate surface area is 171 Å². The van der Waals surface area contributed by atoms with E-state index in [4.69, 9.17) is 0 Å². The van der Waals surface area contributed by atoms with Crippen LogP contribution < -0.4 is 0 Å². The predicted octanol–water partition coefficient (Wildman–Crippen LogP) is 8.37. The highest BCUT2D eigenvalue weighted by atomic mass is 19.1.